The number of nitrogens with one attached hydrogen (secondary N) is 2. The smallest absolute Gasteiger partial charge is 0.243 e. The topological polar surface area (TPSA) is 94.1 Å². The summed E-state index contributed by atoms with van der Waals surface area (Å²) < 4.78 is 27.2. The van der Waals surface area contributed by atoms with Crippen LogP contribution in [0.25, 0.3) is 0 Å². The molecule has 1 amide bonds. The van der Waals surface area contributed by atoms with Gasteiger partial charge in [0.15, 0.2) is 5.96 Å². The van der Waals surface area contributed by atoms with Gasteiger partial charge in [-0.3, -0.25) is 4.79 Å². The van der Waals surface area contributed by atoms with Crippen molar-refractivity contribution in [1.29, 1.82) is 0 Å². The van der Waals surface area contributed by atoms with E-state index in [0.29, 0.717) is 43.5 Å². The van der Waals surface area contributed by atoms with Crippen molar-refractivity contribution in [3.05, 3.63) is 29.8 Å². The molecular formula is C22H36IN5O3S. The lowest BCUT2D eigenvalue weighted by Crippen LogP contribution is -2.45. The summed E-state index contributed by atoms with van der Waals surface area (Å²) in [4.78, 5) is 18.8. The lowest BCUT2D eigenvalue weighted by molar-refractivity contribution is -0.129. The van der Waals surface area contributed by atoms with Gasteiger partial charge in [0.1, 0.15) is 0 Å². The van der Waals surface area contributed by atoms with E-state index in [1.165, 1.54) is 0 Å². The first kappa shape index (κ1) is 26.8. The van der Waals surface area contributed by atoms with Crippen LogP contribution in [-0.2, 0) is 21.4 Å². The monoisotopic (exact) mass is 577 g/mol. The number of carbonyl (C=O) groups is 1. The molecule has 3 rings (SSSR count). The van der Waals surface area contributed by atoms with E-state index in [1.54, 1.807) is 16.4 Å². The van der Waals surface area contributed by atoms with E-state index < -0.39 is 10.0 Å². The minimum Gasteiger partial charge on any atom is -0.357 e. The van der Waals surface area contributed by atoms with Gasteiger partial charge in [0.25, 0.3) is 0 Å². The van der Waals surface area contributed by atoms with Gasteiger partial charge in [-0.2, -0.15) is 4.31 Å². The molecule has 0 bridgehead atoms. The summed E-state index contributed by atoms with van der Waals surface area (Å²) in [6.07, 6.45) is 4.39. The van der Waals surface area contributed by atoms with Crippen molar-refractivity contribution in [3.8, 4) is 0 Å². The van der Waals surface area contributed by atoms with Crippen molar-refractivity contribution < 1.29 is 13.2 Å². The largest absolute Gasteiger partial charge is 0.357 e. The molecule has 1 atom stereocenters. The quantitative estimate of drug-likeness (QED) is 0.295. The Morgan fingerprint density at radius 3 is 2.41 bits per heavy atom. The summed E-state index contributed by atoms with van der Waals surface area (Å²) in [5, 5.41) is 6.67. The number of likely N-dealkylation sites (tertiary alicyclic amines) is 1. The van der Waals surface area contributed by atoms with E-state index in [9.17, 15) is 13.2 Å². The molecule has 1 aromatic rings. The highest BCUT2D eigenvalue weighted by molar-refractivity contribution is 14.0. The highest BCUT2D eigenvalue weighted by atomic mass is 127. The molecule has 180 valence electrons. The van der Waals surface area contributed by atoms with Crippen LogP contribution in [0.1, 0.15) is 51.5 Å². The Labute approximate surface area is 209 Å². The summed E-state index contributed by atoms with van der Waals surface area (Å²) in [5.41, 5.74) is 0.948. The Bertz CT molecular complexity index is 870. The zero-order valence-electron chi connectivity index (χ0n) is 19.0. The number of benzene rings is 1. The molecule has 1 aromatic carbocycles. The van der Waals surface area contributed by atoms with Crippen molar-refractivity contribution in [2.75, 3.05) is 32.7 Å². The van der Waals surface area contributed by atoms with Crippen LogP contribution in [0.15, 0.2) is 34.2 Å². The molecule has 2 aliphatic heterocycles. The van der Waals surface area contributed by atoms with Gasteiger partial charge in [-0.1, -0.05) is 25.5 Å². The maximum Gasteiger partial charge on any atom is 0.243 e. The summed E-state index contributed by atoms with van der Waals surface area (Å²) in [5.74, 6) is 0.897. The van der Waals surface area contributed by atoms with Gasteiger partial charge in [-0.15, -0.1) is 24.0 Å². The number of hydrogen-bond donors (Lipinski definition) is 2. The number of aliphatic imine (C=N–C) groups is 1. The van der Waals surface area contributed by atoms with Gasteiger partial charge in [-0.05, 0) is 43.9 Å². The van der Waals surface area contributed by atoms with E-state index in [2.05, 4.69) is 15.6 Å². The van der Waals surface area contributed by atoms with Crippen molar-refractivity contribution in [2.45, 2.75) is 63.4 Å². The number of sulfonamides is 1. The average molecular weight is 578 g/mol. The number of hydrogen-bond acceptors (Lipinski definition) is 4. The Kier molecular flexibility index (Phi) is 10.7. The second-order valence-corrected chi connectivity index (χ2v) is 10.1. The predicted octanol–water partition coefficient (Wildman–Crippen LogP) is 2.55. The molecule has 1 unspecified atom stereocenters. The van der Waals surface area contributed by atoms with E-state index in [1.807, 2.05) is 30.9 Å². The third-order valence-corrected chi connectivity index (χ3v) is 7.74. The predicted molar refractivity (Wildman–Crippen MR) is 138 cm³/mol. The molecule has 2 fully saturated rings. The van der Waals surface area contributed by atoms with Crippen LogP contribution in [0.3, 0.4) is 0 Å². The highest BCUT2D eigenvalue weighted by Crippen LogP contribution is 2.21. The summed E-state index contributed by atoms with van der Waals surface area (Å²) >= 11 is 0. The van der Waals surface area contributed by atoms with E-state index >= 15 is 0 Å². The maximum atomic E-state index is 12.8. The first-order valence-corrected chi connectivity index (χ1v) is 12.8. The molecule has 2 heterocycles. The Morgan fingerprint density at radius 2 is 1.78 bits per heavy atom. The van der Waals surface area contributed by atoms with E-state index in [4.69, 9.17) is 0 Å². The molecule has 0 aromatic heterocycles. The second-order valence-electron chi connectivity index (χ2n) is 8.13. The minimum atomic E-state index is -3.41. The molecule has 0 spiro atoms. The molecule has 8 nitrogen and oxygen atoms in total. The van der Waals surface area contributed by atoms with Gasteiger partial charge in [0, 0.05) is 45.2 Å². The fraction of sp³-hybridized carbons (Fsp3) is 0.636. The standard InChI is InChI=1S/C22H35N5O3S.HI/c1-3-21(28)26-15-12-19(17-26)25-22(23-4-2)24-16-18-8-10-20(11-9-18)31(29,30)27-13-6-5-7-14-27;/h8-11,19H,3-7,12-17H2,1-2H3,(H2,23,24,25);1H. The number of guanidine groups is 1. The van der Waals surface area contributed by atoms with Crippen LogP contribution in [-0.4, -0.2) is 68.3 Å². The molecule has 2 aliphatic rings. The Balaban J connectivity index is 0.00000363. The normalized spacial score (nSPS) is 20.0. The lowest BCUT2D eigenvalue weighted by Gasteiger charge is -2.25. The van der Waals surface area contributed by atoms with Crippen LogP contribution in [0.5, 0.6) is 0 Å². The fourth-order valence-electron chi connectivity index (χ4n) is 4.03. The molecule has 2 saturated heterocycles. The van der Waals surface area contributed by atoms with Gasteiger partial charge in [-0.25, -0.2) is 13.4 Å². The minimum absolute atomic E-state index is 0. The van der Waals surface area contributed by atoms with Crippen molar-refractivity contribution in [1.82, 2.24) is 19.8 Å². The van der Waals surface area contributed by atoms with Gasteiger partial charge >= 0.3 is 0 Å². The van der Waals surface area contributed by atoms with Crippen LogP contribution in [0.4, 0.5) is 0 Å². The number of halogens is 1. The lowest BCUT2D eigenvalue weighted by atomic mass is 10.2. The van der Waals surface area contributed by atoms with Crippen molar-refractivity contribution in [2.24, 2.45) is 4.99 Å². The first-order valence-electron chi connectivity index (χ1n) is 11.4. The van der Waals surface area contributed by atoms with E-state index in [0.717, 1.165) is 44.3 Å². The average Bonchev–Trinajstić information content (AvgIpc) is 3.26. The summed E-state index contributed by atoms with van der Waals surface area (Å²) in [7, 11) is -3.41. The number of amides is 1. The van der Waals surface area contributed by atoms with Crippen molar-refractivity contribution in [3.63, 3.8) is 0 Å². The molecule has 0 aliphatic carbocycles. The SMILES string of the molecule is CCNC(=NCc1ccc(S(=O)(=O)N2CCCCC2)cc1)NC1CCN(C(=O)CC)C1.I. The van der Waals surface area contributed by atoms with E-state index in [-0.39, 0.29) is 35.9 Å². The van der Waals surface area contributed by atoms with Crippen LogP contribution in [0.2, 0.25) is 0 Å². The van der Waals surface area contributed by atoms with Gasteiger partial charge < -0.3 is 15.5 Å². The fourth-order valence-corrected chi connectivity index (χ4v) is 5.55. The van der Waals surface area contributed by atoms with Crippen LogP contribution in [0, 0.1) is 0 Å². The van der Waals surface area contributed by atoms with Crippen LogP contribution < -0.4 is 10.6 Å². The third kappa shape index (κ3) is 7.05. The molecule has 32 heavy (non-hydrogen) atoms. The number of carbonyl (C=O) groups excluding carboxylic acids is 1. The zero-order valence-corrected chi connectivity index (χ0v) is 22.2. The second kappa shape index (κ2) is 12.7. The summed E-state index contributed by atoms with van der Waals surface area (Å²) in [6, 6.07) is 7.22. The molecule has 2 N–H and O–H groups in total. The Hall–Kier alpha value is -1.40. The Morgan fingerprint density at radius 1 is 1.09 bits per heavy atom. The van der Waals surface area contributed by atoms with Gasteiger partial charge in [0.2, 0.25) is 15.9 Å². The summed E-state index contributed by atoms with van der Waals surface area (Å²) in [6.45, 7) is 7.77. The van der Waals surface area contributed by atoms with Crippen molar-refractivity contribution >= 4 is 45.9 Å². The molecule has 0 radical (unpaired) electrons. The highest BCUT2D eigenvalue weighted by Gasteiger charge is 2.26. The maximum absolute atomic E-state index is 12.8. The zero-order chi connectivity index (χ0) is 22.3. The van der Waals surface area contributed by atoms with Crippen LogP contribution >= 0.6 is 24.0 Å². The molecule has 0 saturated carbocycles. The third-order valence-electron chi connectivity index (χ3n) is 5.82. The number of nitrogens with zero attached hydrogens (tertiary/aromatic N) is 3. The number of piperidine rings is 1. The molecule has 10 heteroatoms. The van der Waals surface area contributed by atoms with Gasteiger partial charge in [0.05, 0.1) is 11.4 Å². The number of rotatable bonds is 7. The molecular weight excluding hydrogens is 541 g/mol. The first-order chi connectivity index (χ1) is 14.9.